The topological polar surface area (TPSA) is 75.3 Å². The number of piperidine rings is 1. The van der Waals surface area contributed by atoms with Crippen LogP contribution in [0.4, 0.5) is 5.13 Å². The van der Waals surface area contributed by atoms with Crippen molar-refractivity contribution in [3.63, 3.8) is 0 Å². The van der Waals surface area contributed by atoms with Crippen LogP contribution in [0.1, 0.15) is 39.0 Å². The molecule has 20 heavy (non-hydrogen) atoms. The quantitative estimate of drug-likeness (QED) is 0.885. The number of thioether (sulfide) groups is 1. The smallest absolute Gasteiger partial charge is 0.203 e. The van der Waals surface area contributed by atoms with Gasteiger partial charge in [-0.25, -0.2) is 0 Å². The molecule has 2 fully saturated rings. The van der Waals surface area contributed by atoms with Crippen LogP contribution in [-0.2, 0) is 0 Å². The minimum absolute atomic E-state index is 0.420. The van der Waals surface area contributed by atoms with Crippen LogP contribution in [0, 0.1) is 0 Å². The van der Waals surface area contributed by atoms with Crippen molar-refractivity contribution >= 4 is 28.2 Å². The number of nitrogen functional groups attached to an aromatic ring is 1. The molecule has 0 radical (unpaired) electrons. The highest BCUT2D eigenvalue weighted by Crippen LogP contribution is 2.42. The van der Waals surface area contributed by atoms with Gasteiger partial charge >= 0.3 is 0 Å². The summed E-state index contributed by atoms with van der Waals surface area (Å²) in [6, 6.07) is 0.631. The van der Waals surface area contributed by atoms with Gasteiger partial charge in [-0.1, -0.05) is 30.0 Å². The maximum absolute atomic E-state index is 10.3. The number of nitrogens with zero attached hydrogens (tertiary/aromatic N) is 3. The molecule has 1 saturated carbocycles. The fourth-order valence-electron chi connectivity index (χ4n) is 3.03. The Kier molecular flexibility index (Phi) is 4.21. The van der Waals surface area contributed by atoms with Crippen LogP contribution in [0.3, 0.4) is 0 Å². The Bertz CT molecular complexity index is 459. The SMILES string of the molecule is CCC1(O)CCN(C2CCC2Sc2nnc(N)s2)CC1. The zero-order valence-electron chi connectivity index (χ0n) is 11.8. The van der Waals surface area contributed by atoms with E-state index in [1.807, 2.05) is 11.8 Å². The molecule has 3 rings (SSSR count). The highest BCUT2D eigenvalue weighted by molar-refractivity contribution is 8.01. The van der Waals surface area contributed by atoms with Crippen LogP contribution in [0.15, 0.2) is 4.34 Å². The first-order chi connectivity index (χ1) is 9.59. The molecule has 2 unspecified atom stereocenters. The molecule has 0 amide bonds. The van der Waals surface area contributed by atoms with E-state index in [4.69, 9.17) is 5.73 Å². The number of aliphatic hydroxyl groups is 1. The van der Waals surface area contributed by atoms with Crippen molar-refractivity contribution in [2.24, 2.45) is 0 Å². The van der Waals surface area contributed by atoms with Crippen molar-refractivity contribution in [3.05, 3.63) is 0 Å². The minimum Gasteiger partial charge on any atom is -0.390 e. The molecule has 3 N–H and O–H groups in total. The second-order valence-corrected chi connectivity index (χ2v) is 8.32. The first kappa shape index (κ1) is 14.6. The summed E-state index contributed by atoms with van der Waals surface area (Å²) in [6.45, 7) is 4.12. The van der Waals surface area contributed by atoms with Crippen molar-refractivity contribution in [2.75, 3.05) is 18.8 Å². The number of likely N-dealkylation sites (tertiary alicyclic amines) is 1. The number of nitrogens with two attached hydrogens (primary N) is 1. The third-order valence-electron chi connectivity index (χ3n) is 4.71. The van der Waals surface area contributed by atoms with Crippen LogP contribution in [0.25, 0.3) is 0 Å². The van der Waals surface area contributed by atoms with E-state index < -0.39 is 5.60 Å². The lowest BCUT2D eigenvalue weighted by Crippen LogP contribution is -2.54. The van der Waals surface area contributed by atoms with Gasteiger partial charge in [0.25, 0.3) is 0 Å². The summed E-state index contributed by atoms with van der Waals surface area (Å²) in [5.74, 6) is 0. The highest BCUT2D eigenvalue weighted by atomic mass is 32.2. The number of hydrogen-bond donors (Lipinski definition) is 2. The lowest BCUT2D eigenvalue weighted by molar-refractivity contribution is -0.0407. The van der Waals surface area contributed by atoms with Crippen LogP contribution in [-0.4, -0.2) is 50.2 Å². The van der Waals surface area contributed by atoms with Gasteiger partial charge in [0.15, 0.2) is 4.34 Å². The molecule has 7 heteroatoms. The molecule has 0 spiro atoms. The van der Waals surface area contributed by atoms with Crippen LogP contribution in [0.5, 0.6) is 0 Å². The number of anilines is 1. The summed E-state index contributed by atoms with van der Waals surface area (Å²) in [5.41, 5.74) is 5.21. The van der Waals surface area contributed by atoms with E-state index in [2.05, 4.69) is 22.0 Å². The van der Waals surface area contributed by atoms with Gasteiger partial charge in [0, 0.05) is 24.4 Å². The molecule has 0 aromatic carbocycles. The number of hydrogen-bond acceptors (Lipinski definition) is 7. The third-order valence-corrected chi connectivity index (χ3v) is 6.93. The molecule has 1 aliphatic carbocycles. The molecule has 1 aliphatic heterocycles. The molecule has 1 saturated heterocycles. The van der Waals surface area contributed by atoms with Gasteiger partial charge in [-0.3, -0.25) is 4.90 Å². The van der Waals surface area contributed by atoms with Gasteiger partial charge in [0.2, 0.25) is 5.13 Å². The molecule has 2 aliphatic rings. The van der Waals surface area contributed by atoms with Crippen LogP contribution < -0.4 is 5.73 Å². The second-order valence-electron chi connectivity index (χ2n) is 5.82. The fraction of sp³-hybridized carbons (Fsp3) is 0.846. The fourth-order valence-corrected chi connectivity index (χ4v) is 5.26. The predicted molar refractivity (Wildman–Crippen MR) is 83.0 cm³/mol. The van der Waals surface area contributed by atoms with Crippen molar-refractivity contribution in [1.29, 1.82) is 0 Å². The Balaban J connectivity index is 1.54. The van der Waals surface area contributed by atoms with Gasteiger partial charge in [-0.2, -0.15) is 0 Å². The number of rotatable bonds is 4. The van der Waals surface area contributed by atoms with E-state index >= 15 is 0 Å². The van der Waals surface area contributed by atoms with E-state index in [-0.39, 0.29) is 0 Å². The molecule has 1 aromatic heterocycles. The van der Waals surface area contributed by atoms with E-state index in [0.29, 0.717) is 16.4 Å². The maximum Gasteiger partial charge on any atom is 0.203 e. The van der Waals surface area contributed by atoms with Crippen molar-refractivity contribution in [2.45, 2.75) is 60.3 Å². The maximum atomic E-state index is 10.3. The molecule has 1 aromatic rings. The summed E-state index contributed by atoms with van der Waals surface area (Å²) in [5, 5.41) is 19.4. The molecular weight excluding hydrogens is 292 g/mol. The normalized spacial score (nSPS) is 30.1. The Morgan fingerprint density at radius 2 is 2.15 bits per heavy atom. The average molecular weight is 314 g/mol. The highest BCUT2D eigenvalue weighted by Gasteiger charge is 2.40. The zero-order valence-corrected chi connectivity index (χ0v) is 13.4. The third kappa shape index (κ3) is 2.95. The average Bonchev–Trinajstić information content (AvgIpc) is 2.83. The second kappa shape index (κ2) is 5.79. The van der Waals surface area contributed by atoms with Gasteiger partial charge in [-0.05, 0) is 32.1 Å². The molecule has 2 atom stereocenters. The van der Waals surface area contributed by atoms with Crippen LogP contribution >= 0.6 is 23.1 Å². The van der Waals surface area contributed by atoms with Crippen molar-refractivity contribution in [3.8, 4) is 0 Å². The first-order valence-corrected chi connectivity index (χ1v) is 9.01. The van der Waals surface area contributed by atoms with Gasteiger partial charge in [0.05, 0.1) is 5.60 Å². The largest absolute Gasteiger partial charge is 0.390 e. The molecule has 2 heterocycles. The Labute approximate surface area is 127 Å². The summed E-state index contributed by atoms with van der Waals surface area (Å²) in [4.78, 5) is 2.55. The Morgan fingerprint density at radius 3 is 2.65 bits per heavy atom. The van der Waals surface area contributed by atoms with Gasteiger partial charge < -0.3 is 10.8 Å². The van der Waals surface area contributed by atoms with Gasteiger partial charge in [-0.15, -0.1) is 10.2 Å². The summed E-state index contributed by atoms with van der Waals surface area (Å²) >= 11 is 3.30. The Hall–Kier alpha value is -0.370. The zero-order chi connectivity index (χ0) is 14.2. The minimum atomic E-state index is -0.420. The standard InChI is InChI=1S/C13H22N4OS2/c1-2-13(18)5-7-17(8-6-13)9-3-4-10(9)19-12-16-15-11(14)20-12/h9-10,18H,2-8H2,1H3,(H2,14,15). The van der Waals surface area contributed by atoms with Crippen molar-refractivity contribution < 1.29 is 5.11 Å². The first-order valence-electron chi connectivity index (χ1n) is 7.32. The van der Waals surface area contributed by atoms with E-state index in [0.717, 1.165) is 36.7 Å². The van der Waals surface area contributed by atoms with Crippen molar-refractivity contribution in [1.82, 2.24) is 15.1 Å². The number of aromatic nitrogens is 2. The molecular formula is C13H22N4OS2. The monoisotopic (exact) mass is 314 g/mol. The molecule has 5 nitrogen and oxygen atoms in total. The van der Waals surface area contributed by atoms with E-state index in [1.165, 1.54) is 24.2 Å². The lowest BCUT2D eigenvalue weighted by Gasteiger charge is -2.48. The van der Waals surface area contributed by atoms with Gasteiger partial charge in [0.1, 0.15) is 0 Å². The predicted octanol–water partition coefficient (Wildman–Crippen LogP) is 1.98. The Morgan fingerprint density at radius 1 is 1.40 bits per heavy atom. The lowest BCUT2D eigenvalue weighted by atomic mass is 9.84. The summed E-state index contributed by atoms with van der Waals surface area (Å²) < 4.78 is 0.985. The molecule has 112 valence electrons. The van der Waals surface area contributed by atoms with E-state index in [1.54, 1.807) is 0 Å². The summed E-state index contributed by atoms with van der Waals surface area (Å²) in [7, 11) is 0. The van der Waals surface area contributed by atoms with Crippen LogP contribution in [0.2, 0.25) is 0 Å². The van der Waals surface area contributed by atoms with E-state index in [9.17, 15) is 5.11 Å². The molecule has 0 bridgehead atoms. The summed E-state index contributed by atoms with van der Waals surface area (Å²) in [6.07, 6.45) is 5.18.